The van der Waals surface area contributed by atoms with E-state index < -0.39 is 0 Å². The van der Waals surface area contributed by atoms with Crippen LogP contribution in [0.2, 0.25) is 0 Å². The molecule has 21 heavy (non-hydrogen) atoms. The van der Waals surface area contributed by atoms with E-state index in [1.54, 1.807) is 13.2 Å². The summed E-state index contributed by atoms with van der Waals surface area (Å²) in [5, 5.41) is 0. The maximum Gasteiger partial charge on any atom is 0.123 e. The molecule has 4 heteroatoms. The summed E-state index contributed by atoms with van der Waals surface area (Å²) >= 11 is 0. The summed E-state index contributed by atoms with van der Waals surface area (Å²) in [5.74, 6) is 0.668. The van der Waals surface area contributed by atoms with Gasteiger partial charge in [0.05, 0.1) is 7.11 Å². The lowest BCUT2D eigenvalue weighted by molar-refractivity contribution is 0.208. The Labute approximate surface area is 124 Å². The molecule has 2 aromatic carbocycles. The first kappa shape index (κ1) is 14.0. The fraction of sp³-hybridized carbons (Fsp3) is 0.294. The fourth-order valence-corrected chi connectivity index (χ4v) is 3.04. The van der Waals surface area contributed by atoms with Gasteiger partial charge < -0.3 is 10.5 Å². The van der Waals surface area contributed by atoms with Gasteiger partial charge in [0.2, 0.25) is 0 Å². The van der Waals surface area contributed by atoms with Crippen molar-refractivity contribution >= 4 is 0 Å². The first-order chi connectivity index (χ1) is 10.2. The van der Waals surface area contributed by atoms with Crippen molar-refractivity contribution in [3.63, 3.8) is 0 Å². The van der Waals surface area contributed by atoms with E-state index in [4.69, 9.17) is 10.5 Å². The number of ether oxygens (including phenoxy) is 1. The molecule has 1 aliphatic rings. The second-order valence-electron chi connectivity index (χ2n) is 5.31. The first-order valence-electron chi connectivity index (χ1n) is 7.07. The Kier molecular flexibility index (Phi) is 3.90. The Bertz CT molecular complexity index is 644. The minimum atomic E-state index is -0.202. The van der Waals surface area contributed by atoms with E-state index in [9.17, 15) is 4.39 Å². The van der Waals surface area contributed by atoms with Crippen molar-refractivity contribution in [1.82, 2.24) is 4.90 Å². The molecular formula is C17H19FN2O. The summed E-state index contributed by atoms with van der Waals surface area (Å²) in [5.41, 5.74) is 9.20. The standard InChI is InChI=1S/C17H19FN2O/c1-21-17-5-3-2-4-13(17)11-20-10-12-6-7-14(18)8-15(12)16(20)9-19/h2-8,16H,9-11,19H2,1H3. The van der Waals surface area contributed by atoms with Gasteiger partial charge in [-0.1, -0.05) is 24.3 Å². The largest absolute Gasteiger partial charge is 0.496 e. The maximum absolute atomic E-state index is 13.5. The first-order valence-corrected chi connectivity index (χ1v) is 7.07. The highest BCUT2D eigenvalue weighted by Gasteiger charge is 2.29. The summed E-state index contributed by atoms with van der Waals surface area (Å²) in [6.45, 7) is 2.00. The van der Waals surface area contributed by atoms with E-state index >= 15 is 0 Å². The summed E-state index contributed by atoms with van der Waals surface area (Å²) in [6, 6.07) is 13.0. The lowest BCUT2D eigenvalue weighted by Gasteiger charge is -2.24. The molecule has 3 rings (SSSR count). The lowest BCUT2D eigenvalue weighted by atomic mass is 10.0. The van der Waals surface area contributed by atoms with E-state index in [2.05, 4.69) is 11.0 Å². The molecule has 110 valence electrons. The highest BCUT2D eigenvalue weighted by molar-refractivity contribution is 5.37. The van der Waals surface area contributed by atoms with Gasteiger partial charge in [0.15, 0.2) is 0 Å². The molecule has 1 aliphatic heterocycles. The number of benzene rings is 2. The van der Waals surface area contributed by atoms with Crippen molar-refractivity contribution < 1.29 is 9.13 Å². The maximum atomic E-state index is 13.5. The van der Waals surface area contributed by atoms with E-state index in [1.807, 2.05) is 24.3 Å². The second kappa shape index (κ2) is 5.84. The molecule has 0 fully saturated rings. The van der Waals surface area contributed by atoms with Gasteiger partial charge in [-0.05, 0) is 29.3 Å². The Morgan fingerprint density at radius 2 is 2.10 bits per heavy atom. The van der Waals surface area contributed by atoms with Gasteiger partial charge >= 0.3 is 0 Å². The zero-order valence-electron chi connectivity index (χ0n) is 12.1. The Balaban J connectivity index is 1.87. The summed E-state index contributed by atoms with van der Waals surface area (Å²) in [7, 11) is 1.67. The number of para-hydroxylation sites is 1. The van der Waals surface area contributed by atoms with E-state index in [-0.39, 0.29) is 11.9 Å². The topological polar surface area (TPSA) is 38.5 Å². The number of halogens is 1. The van der Waals surface area contributed by atoms with Crippen molar-refractivity contribution in [2.45, 2.75) is 19.1 Å². The predicted molar refractivity (Wildman–Crippen MR) is 80.4 cm³/mol. The number of hydrogen-bond acceptors (Lipinski definition) is 3. The van der Waals surface area contributed by atoms with Crippen LogP contribution in [0.3, 0.4) is 0 Å². The highest BCUT2D eigenvalue weighted by Crippen LogP contribution is 2.35. The fourth-order valence-electron chi connectivity index (χ4n) is 3.04. The van der Waals surface area contributed by atoms with Crippen molar-refractivity contribution in [2.24, 2.45) is 5.73 Å². The third-order valence-corrected chi connectivity index (χ3v) is 4.07. The Hall–Kier alpha value is -1.91. The molecule has 0 radical (unpaired) electrons. The number of nitrogens with zero attached hydrogens (tertiary/aromatic N) is 1. The molecule has 2 N–H and O–H groups in total. The van der Waals surface area contributed by atoms with Gasteiger partial charge in [-0.3, -0.25) is 4.90 Å². The molecule has 0 spiro atoms. The third kappa shape index (κ3) is 2.64. The summed E-state index contributed by atoms with van der Waals surface area (Å²) < 4.78 is 18.9. The predicted octanol–water partition coefficient (Wildman–Crippen LogP) is 2.85. The highest BCUT2D eigenvalue weighted by atomic mass is 19.1. The average Bonchev–Trinajstić information content (AvgIpc) is 2.84. The molecule has 2 aromatic rings. The number of hydrogen-bond donors (Lipinski definition) is 1. The molecule has 3 nitrogen and oxygen atoms in total. The summed E-state index contributed by atoms with van der Waals surface area (Å²) in [6.07, 6.45) is 0. The molecular weight excluding hydrogens is 267 g/mol. The minimum Gasteiger partial charge on any atom is -0.496 e. The van der Waals surface area contributed by atoms with Crippen molar-refractivity contribution in [3.8, 4) is 5.75 Å². The van der Waals surface area contributed by atoms with Crippen LogP contribution in [0.15, 0.2) is 42.5 Å². The van der Waals surface area contributed by atoms with Crippen LogP contribution >= 0.6 is 0 Å². The lowest BCUT2D eigenvalue weighted by Crippen LogP contribution is -2.27. The number of fused-ring (bicyclic) bond motifs is 1. The molecule has 0 amide bonds. The van der Waals surface area contributed by atoms with Crippen LogP contribution in [-0.4, -0.2) is 18.6 Å². The van der Waals surface area contributed by atoms with Crippen LogP contribution in [0, 0.1) is 5.82 Å². The molecule has 1 unspecified atom stereocenters. The minimum absolute atomic E-state index is 0.0561. The summed E-state index contributed by atoms with van der Waals surface area (Å²) in [4.78, 5) is 2.27. The van der Waals surface area contributed by atoms with Gasteiger partial charge in [0.1, 0.15) is 11.6 Å². The van der Waals surface area contributed by atoms with Crippen molar-refractivity contribution in [1.29, 1.82) is 0 Å². The number of methoxy groups -OCH3 is 1. The third-order valence-electron chi connectivity index (χ3n) is 4.07. The molecule has 0 saturated heterocycles. The van der Waals surface area contributed by atoms with E-state index in [1.165, 1.54) is 6.07 Å². The van der Waals surface area contributed by atoms with E-state index in [0.717, 1.165) is 35.5 Å². The number of nitrogens with two attached hydrogens (primary N) is 1. The molecule has 0 saturated carbocycles. The molecule has 1 heterocycles. The molecule has 1 atom stereocenters. The van der Waals surface area contributed by atoms with Gasteiger partial charge in [0, 0.05) is 31.2 Å². The van der Waals surface area contributed by atoms with Gasteiger partial charge in [-0.15, -0.1) is 0 Å². The van der Waals surface area contributed by atoms with Gasteiger partial charge in [-0.2, -0.15) is 0 Å². The molecule has 0 aromatic heterocycles. The molecule has 0 bridgehead atoms. The van der Waals surface area contributed by atoms with Gasteiger partial charge in [-0.25, -0.2) is 4.39 Å². The van der Waals surface area contributed by atoms with Crippen LogP contribution in [0.4, 0.5) is 4.39 Å². The van der Waals surface area contributed by atoms with Crippen molar-refractivity contribution in [3.05, 3.63) is 65.0 Å². The smallest absolute Gasteiger partial charge is 0.123 e. The molecule has 0 aliphatic carbocycles. The second-order valence-corrected chi connectivity index (χ2v) is 5.31. The van der Waals surface area contributed by atoms with Crippen LogP contribution in [0.25, 0.3) is 0 Å². The van der Waals surface area contributed by atoms with Crippen molar-refractivity contribution in [2.75, 3.05) is 13.7 Å². The Morgan fingerprint density at radius 1 is 1.29 bits per heavy atom. The van der Waals surface area contributed by atoms with Crippen LogP contribution in [0.1, 0.15) is 22.7 Å². The normalized spacial score (nSPS) is 17.8. The monoisotopic (exact) mass is 286 g/mol. The van der Waals surface area contributed by atoms with Crippen LogP contribution in [0.5, 0.6) is 5.75 Å². The van der Waals surface area contributed by atoms with E-state index in [0.29, 0.717) is 6.54 Å². The average molecular weight is 286 g/mol. The zero-order valence-corrected chi connectivity index (χ0v) is 12.1. The Morgan fingerprint density at radius 3 is 2.86 bits per heavy atom. The van der Waals surface area contributed by atoms with Gasteiger partial charge in [0.25, 0.3) is 0 Å². The van der Waals surface area contributed by atoms with Crippen LogP contribution < -0.4 is 10.5 Å². The quantitative estimate of drug-likeness (QED) is 0.939. The number of rotatable bonds is 4. The SMILES string of the molecule is COc1ccccc1CN1Cc2ccc(F)cc2C1CN. The van der Waals surface area contributed by atoms with Crippen LogP contribution in [-0.2, 0) is 13.1 Å². The zero-order chi connectivity index (χ0) is 14.8.